The van der Waals surface area contributed by atoms with Gasteiger partial charge < -0.3 is 4.98 Å². The molecule has 3 heteroatoms. The van der Waals surface area contributed by atoms with Crippen molar-refractivity contribution >= 4 is 11.0 Å². The van der Waals surface area contributed by atoms with Crippen molar-refractivity contribution in [1.29, 1.82) is 0 Å². The van der Waals surface area contributed by atoms with Crippen LogP contribution in [-0.2, 0) is 6.42 Å². The molecule has 0 bridgehead atoms. The molecule has 2 aromatic rings. The summed E-state index contributed by atoms with van der Waals surface area (Å²) in [6, 6.07) is 1.91. The fourth-order valence-corrected chi connectivity index (χ4v) is 1.21. The zero-order valence-electron chi connectivity index (χ0n) is 6.62. The number of rotatable bonds is 2. The molecule has 2 heterocycles. The van der Waals surface area contributed by atoms with Crippen LogP contribution in [0.3, 0.4) is 0 Å². The highest BCUT2D eigenvalue weighted by Gasteiger charge is 2.01. The molecule has 12 heavy (non-hydrogen) atoms. The highest BCUT2D eigenvalue weighted by molar-refractivity contribution is 5.76. The van der Waals surface area contributed by atoms with E-state index < -0.39 is 0 Å². The predicted molar refractivity (Wildman–Crippen MR) is 47.8 cm³/mol. The molecule has 0 fully saturated rings. The molecular formula is C9H9N3. The maximum absolute atomic E-state index is 4.22. The van der Waals surface area contributed by atoms with Gasteiger partial charge in [0.2, 0.25) is 0 Å². The second-order valence-electron chi connectivity index (χ2n) is 2.55. The van der Waals surface area contributed by atoms with Crippen LogP contribution in [0.25, 0.3) is 11.0 Å². The van der Waals surface area contributed by atoms with Crippen molar-refractivity contribution in [1.82, 2.24) is 15.0 Å². The maximum Gasteiger partial charge on any atom is 0.110 e. The Kier molecular flexibility index (Phi) is 1.63. The van der Waals surface area contributed by atoms with Gasteiger partial charge in [-0.05, 0) is 6.07 Å². The molecule has 3 nitrogen and oxygen atoms in total. The number of hydrogen-bond donors (Lipinski definition) is 1. The third-order valence-electron chi connectivity index (χ3n) is 1.75. The number of H-pyrrole nitrogens is 1. The quantitative estimate of drug-likeness (QED) is 0.677. The van der Waals surface area contributed by atoms with E-state index >= 15 is 0 Å². The number of allylic oxidation sites excluding steroid dienone is 1. The Labute approximate surface area is 70.2 Å². The Morgan fingerprint density at radius 2 is 2.42 bits per heavy atom. The van der Waals surface area contributed by atoms with Crippen molar-refractivity contribution in [3.05, 3.63) is 36.9 Å². The zero-order chi connectivity index (χ0) is 8.39. The minimum Gasteiger partial charge on any atom is -0.344 e. The van der Waals surface area contributed by atoms with E-state index in [1.807, 2.05) is 12.1 Å². The summed E-state index contributed by atoms with van der Waals surface area (Å²) in [5.74, 6) is 0. The molecule has 0 aromatic carbocycles. The average molecular weight is 159 g/mol. The van der Waals surface area contributed by atoms with Crippen molar-refractivity contribution < 1.29 is 0 Å². The first kappa shape index (κ1) is 7.03. The van der Waals surface area contributed by atoms with Crippen LogP contribution in [-0.4, -0.2) is 15.0 Å². The Balaban J connectivity index is 2.65. The summed E-state index contributed by atoms with van der Waals surface area (Å²) in [4.78, 5) is 11.4. The van der Waals surface area contributed by atoms with Crippen molar-refractivity contribution in [3.8, 4) is 0 Å². The molecule has 0 unspecified atom stereocenters. The fourth-order valence-electron chi connectivity index (χ4n) is 1.21. The van der Waals surface area contributed by atoms with Crippen molar-refractivity contribution in [2.24, 2.45) is 0 Å². The van der Waals surface area contributed by atoms with Crippen LogP contribution in [0.15, 0.2) is 31.2 Å². The number of nitrogens with one attached hydrogen (secondary N) is 1. The molecule has 60 valence electrons. The van der Waals surface area contributed by atoms with Gasteiger partial charge in [-0.2, -0.15) is 0 Å². The monoisotopic (exact) mass is 159 g/mol. The molecule has 0 aliphatic heterocycles. The first-order valence-corrected chi connectivity index (χ1v) is 3.79. The molecule has 0 spiro atoms. The Morgan fingerprint density at radius 1 is 1.50 bits per heavy atom. The number of imidazole rings is 1. The minimum absolute atomic E-state index is 0.766. The van der Waals surface area contributed by atoms with Gasteiger partial charge in [0.05, 0.1) is 17.5 Å². The second kappa shape index (κ2) is 2.77. The Bertz CT molecular complexity index is 403. The molecule has 2 rings (SSSR count). The van der Waals surface area contributed by atoms with E-state index in [9.17, 15) is 0 Å². The molecule has 1 N–H and O–H groups in total. The average Bonchev–Trinajstić information content (AvgIpc) is 2.53. The van der Waals surface area contributed by atoms with E-state index in [1.165, 1.54) is 0 Å². The number of fused-ring (bicyclic) bond motifs is 1. The molecule has 2 aromatic heterocycles. The summed E-state index contributed by atoms with van der Waals surface area (Å²) >= 11 is 0. The van der Waals surface area contributed by atoms with Gasteiger partial charge in [0.25, 0.3) is 0 Å². The van der Waals surface area contributed by atoms with Gasteiger partial charge in [0.1, 0.15) is 5.52 Å². The van der Waals surface area contributed by atoms with E-state index in [4.69, 9.17) is 0 Å². The van der Waals surface area contributed by atoms with E-state index in [-0.39, 0.29) is 0 Å². The van der Waals surface area contributed by atoms with Crippen LogP contribution >= 0.6 is 0 Å². The fraction of sp³-hybridized carbons (Fsp3) is 0.111. The van der Waals surface area contributed by atoms with Crippen molar-refractivity contribution in [2.75, 3.05) is 0 Å². The Morgan fingerprint density at radius 3 is 3.25 bits per heavy atom. The smallest absolute Gasteiger partial charge is 0.110 e. The summed E-state index contributed by atoms with van der Waals surface area (Å²) in [7, 11) is 0. The van der Waals surface area contributed by atoms with Gasteiger partial charge in [-0.25, -0.2) is 4.98 Å². The summed E-state index contributed by atoms with van der Waals surface area (Å²) in [6.45, 7) is 3.67. The number of nitrogens with zero attached hydrogens (tertiary/aromatic N) is 2. The topological polar surface area (TPSA) is 41.6 Å². The normalized spacial score (nSPS) is 10.3. The minimum atomic E-state index is 0.766. The van der Waals surface area contributed by atoms with Gasteiger partial charge >= 0.3 is 0 Å². The van der Waals surface area contributed by atoms with E-state index in [0.29, 0.717) is 0 Å². The maximum atomic E-state index is 4.22. The van der Waals surface area contributed by atoms with Crippen LogP contribution in [0.1, 0.15) is 5.69 Å². The molecule has 0 aliphatic rings. The van der Waals surface area contributed by atoms with E-state index in [0.717, 1.165) is 23.1 Å². The number of pyridine rings is 1. The largest absolute Gasteiger partial charge is 0.344 e. The van der Waals surface area contributed by atoms with Gasteiger partial charge in [-0.1, -0.05) is 6.08 Å². The summed E-state index contributed by atoms with van der Waals surface area (Å²) in [5.41, 5.74) is 2.95. The third kappa shape index (κ3) is 0.993. The van der Waals surface area contributed by atoms with Gasteiger partial charge in [0, 0.05) is 12.6 Å². The third-order valence-corrected chi connectivity index (χ3v) is 1.75. The lowest BCUT2D eigenvalue weighted by molar-refractivity contribution is 1.13. The van der Waals surface area contributed by atoms with Crippen LogP contribution in [0, 0.1) is 0 Å². The molecule has 0 atom stereocenters. The molecule has 0 aliphatic carbocycles. The van der Waals surface area contributed by atoms with Gasteiger partial charge in [-0.15, -0.1) is 6.58 Å². The lowest BCUT2D eigenvalue weighted by Gasteiger charge is -1.95. The predicted octanol–water partition coefficient (Wildman–Crippen LogP) is 1.69. The SMILES string of the molecule is C=CCc1nccc2[nH]cnc12. The zero-order valence-corrected chi connectivity index (χ0v) is 6.62. The van der Waals surface area contributed by atoms with E-state index in [1.54, 1.807) is 12.5 Å². The lowest BCUT2D eigenvalue weighted by atomic mass is 10.2. The molecular weight excluding hydrogens is 150 g/mol. The molecule has 0 amide bonds. The van der Waals surface area contributed by atoms with Gasteiger partial charge in [0.15, 0.2) is 0 Å². The van der Waals surface area contributed by atoms with Crippen LogP contribution < -0.4 is 0 Å². The van der Waals surface area contributed by atoms with Crippen molar-refractivity contribution in [3.63, 3.8) is 0 Å². The second-order valence-corrected chi connectivity index (χ2v) is 2.55. The molecule has 0 radical (unpaired) electrons. The van der Waals surface area contributed by atoms with Crippen molar-refractivity contribution in [2.45, 2.75) is 6.42 Å². The van der Waals surface area contributed by atoms with Crippen LogP contribution in [0.4, 0.5) is 0 Å². The first-order valence-electron chi connectivity index (χ1n) is 3.79. The van der Waals surface area contributed by atoms with Crippen LogP contribution in [0.2, 0.25) is 0 Å². The van der Waals surface area contributed by atoms with Gasteiger partial charge in [-0.3, -0.25) is 4.98 Å². The summed E-state index contributed by atoms with van der Waals surface area (Å²) in [5, 5.41) is 0. The standard InChI is InChI=1S/C9H9N3/c1-2-3-7-9-8(4-5-10-7)11-6-12-9/h2,4-6H,1,3H2,(H,11,12). The highest BCUT2D eigenvalue weighted by Crippen LogP contribution is 2.11. The number of hydrogen-bond acceptors (Lipinski definition) is 2. The molecule has 0 saturated carbocycles. The first-order chi connectivity index (χ1) is 5.92. The molecule has 0 saturated heterocycles. The lowest BCUT2D eigenvalue weighted by Crippen LogP contribution is -1.87. The van der Waals surface area contributed by atoms with E-state index in [2.05, 4.69) is 21.5 Å². The number of aromatic amines is 1. The van der Waals surface area contributed by atoms with Crippen LogP contribution in [0.5, 0.6) is 0 Å². The number of aromatic nitrogens is 3. The summed E-state index contributed by atoms with van der Waals surface area (Å²) < 4.78 is 0. The Hall–Kier alpha value is -1.64. The highest BCUT2D eigenvalue weighted by atomic mass is 14.9. The summed E-state index contributed by atoms with van der Waals surface area (Å²) in [6.07, 6.45) is 6.05.